The van der Waals surface area contributed by atoms with Gasteiger partial charge in [0, 0.05) is 0 Å². The van der Waals surface area contributed by atoms with Crippen molar-refractivity contribution in [2.45, 2.75) is 23.6 Å². The van der Waals surface area contributed by atoms with Gasteiger partial charge in [-0.1, -0.05) is 0 Å². The number of sulfone groups is 1. The molecule has 106 valence electrons. The first-order valence-corrected chi connectivity index (χ1v) is 8.83. The highest BCUT2D eigenvalue weighted by Crippen LogP contribution is 2.19. The predicted molar refractivity (Wildman–Crippen MR) is 65.6 cm³/mol. The molecule has 1 heterocycles. The van der Waals surface area contributed by atoms with E-state index < -0.39 is 42.5 Å². The fourth-order valence-corrected chi connectivity index (χ4v) is 5.47. The molecule has 0 aromatic heterocycles. The van der Waals surface area contributed by atoms with Crippen molar-refractivity contribution in [2.75, 3.05) is 18.6 Å². The van der Waals surface area contributed by atoms with Gasteiger partial charge in [-0.2, -0.15) is 0 Å². The summed E-state index contributed by atoms with van der Waals surface area (Å²) in [4.78, 5) is 11.1. The lowest BCUT2D eigenvalue weighted by Gasteiger charge is -2.17. The van der Waals surface area contributed by atoms with Crippen LogP contribution >= 0.6 is 11.6 Å². The molecule has 18 heavy (non-hydrogen) atoms. The summed E-state index contributed by atoms with van der Waals surface area (Å²) in [5.41, 5.74) is 0. The second-order valence-electron chi connectivity index (χ2n) is 4.03. The molecule has 0 aromatic carbocycles. The molecule has 10 heteroatoms. The van der Waals surface area contributed by atoms with Crippen LogP contribution in [0, 0.1) is 0 Å². The Balaban J connectivity index is 2.82. The van der Waals surface area contributed by atoms with E-state index in [9.17, 15) is 21.6 Å². The monoisotopic (exact) mass is 319 g/mol. The van der Waals surface area contributed by atoms with Gasteiger partial charge >= 0.3 is 5.97 Å². The summed E-state index contributed by atoms with van der Waals surface area (Å²) in [5, 5.41) is -2.26. The molecule has 0 aliphatic carbocycles. The SMILES string of the molecule is COC(=O)C(C)S(=O)(=O)NC1CS(=O)(=O)CC1Cl. The fraction of sp³-hybridized carbons (Fsp3) is 0.875. The van der Waals surface area contributed by atoms with Gasteiger partial charge in [0.05, 0.1) is 30.0 Å². The van der Waals surface area contributed by atoms with Gasteiger partial charge in [0.2, 0.25) is 10.0 Å². The van der Waals surface area contributed by atoms with Crippen molar-refractivity contribution in [2.24, 2.45) is 0 Å². The molecule has 1 rings (SSSR count). The number of ether oxygens (including phenoxy) is 1. The quantitative estimate of drug-likeness (QED) is 0.519. The second-order valence-corrected chi connectivity index (χ2v) is 8.77. The molecule has 1 fully saturated rings. The summed E-state index contributed by atoms with van der Waals surface area (Å²) in [6, 6.07) is -0.922. The van der Waals surface area contributed by atoms with Gasteiger partial charge in [0.25, 0.3) is 0 Å². The maximum absolute atomic E-state index is 11.8. The number of hydrogen-bond acceptors (Lipinski definition) is 6. The maximum atomic E-state index is 11.8. The van der Waals surface area contributed by atoms with Crippen LogP contribution in [0.15, 0.2) is 0 Å². The Morgan fingerprint density at radius 1 is 1.44 bits per heavy atom. The number of hydrogen-bond donors (Lipinski definition) is 1. The molecule has 1 saturated heterocycles. The van der Waals surface area contributed by atoms with E-state index in [-0.39, 0.29) is 11.5 Å². The highest BCUT2D eigenvalue weighted by molar-refractivity contribution is 7.92. The first-order valence-electron chi connectivity index (χ1n) is 5.02. The molecule has 0 spiro atoms. The zero-order valence-electron chi connectivity index (χ0n) is 9.79. The number of halogens is 1. The van der Waals surface area contributed by atoms with Crippen molar-refractivity contribution in [1.82, 2.24) is 4.72 Å². The van der Waals surface area contributed by atoms with E-state index in [1.54, 1.807) is 0 Å². The zero-order valence-corrected chi connectivity index (χ0v) is 12.2. The summed E-state index contributed by atoms with van der Waals surface area (Å²) < 4.78 is 52.6. The fourth-order valence-electron chi connectivity index (χ4n) is 1.52. The molecule has 0 aromatic rings. The molecule has 1 N–H and O–H groups in total. The van der Waals surface area contributed by atoms with E-state index in [1.807, 2.05) is 0 Å². The van der Waals surface area contributed by atoms with E-state index >= 15 is 0 Å². The number of methoxy groups -OCH3 is 1. The smallest absolute Gasteiger partial charge is 0.325 e. The van der Waals surface area contributed by atoms with Crippen LogP contribution in [-0.4, -0.2) is 58.1 Å². The first kappa shape index (κ1) is 15.7. The largest absolute Gasteiger partial charge is 0.468 e. The van der Waals surface area contributed by atoms with Crippen molar-refractivity contribution in [3.8, 4) is 0 Å². The molecule has 0 bridgehead atoms. The summed E-state index contributed by atoms with van der Waals surface area (Å²) in [7, 11) is -6.29. The van der Waals surface area contributed by atoms with Gasteiger partial charge in [-0.25, -0.2) is 21.6 Å². The highest BCUT2D eigenvalue weighted by Gasteiger charge is 2.41. The minimum absolute atomic E-state index is 0.283. The Kier molecular flexibility index (Phi) is 4.63. The van der Waals surface area contributed by atoms with E-state index in [4.69, 9.17) is 11.6 Å². The average molecular weight is 320 g/mol. The minimum atomic E-state index is -4.01. The molecule has 3 unspecified atom stereocenters. The standard InChI is InChI=1S/C8H14ClNO6S2/c1-5(8(11)16-2)18(14,15)10-7-4-17(12,13)3-6(7)9/h5-7,10H,3-4H2,1-2H3. The number of nitrogens with one attached hydrogen (secondary N) is 1. The lowest BCUT2D eigenvalue weighted by molar-refractivity contribution is -0.139. The van der Waals surface area contributed by atoms with Gasteiger partial charge in [-0.05, 0) is 6.92 Å². The number of carbonyl (C=O) groups is 1. The molecule has 1 aliphatic rings. The topological polar surface area (TPSA) is 107 Å². The van der Waals surface area contributed by atoms with Crippen LogP contribution in [0.1, 0.15) is 6.92 Å². The number of carbonyl (C=O) groups excluding carboxylic acids is 1. The molecular weight excluding hydrogens is 306 g/mol. The average Bonchev–Trinajstić information content (AvgIpc) is 2.48. The third-order valence-corrected chi connectivity index (χ3v) is 6.73. The normalized spacial score (nSPS) is 28.8. The van der Waals surface area contributed by atoms with Gasteiger partial charge in [-0.15, -0.1) is 11.6 Å². The minimum Gasteiger partial charge on any atom is -0.468 e. The van der Waals surface area contributed by atoms with Crippen molar-refractivity contribution >= 4 is 37.4 Å². The number of esters is 1. The van der Waals surface area contributed by atoms with Gasteiger partial charge in [0.15, 0.2) is 15.1 Å². The van der Waals surface area contributed by atoms with Gasteiger partial charge < -0.3 is 4.74 Å². The van der Waals surface area contributed by atoms with E-state index in [0.29, 0.717) is 0 Å². The number of rotatable bonds is 4. The van der Waals surface area contributed by atoms with Crippen LogP contribution in [0.25, 0.3) is 0 Å². The summed E-state index contributed by atoms with van der Waals surface area (Å²) in [6.07, 6.45) is 0. The molecule has 3 atom stereocenters. The summed E-state index contributed by atoms with van der Waals surface area (Å²) in [5.74, 6) is -1.57. The molecule has 0 saturated carbocycles. The lowest BCUT2D eigenvalue weighted by Crippen LogP contribution is -2.46. The Bertz CT molecular complexity index is 528. The Morgan fingerprint density at radius 3 is 2.39 bits per heavy atom. The molecule has 0 amide bonds. The molecule has 0 radical (unpaired) electrons. The second kappa shape index (κ2) is 5.32. The zero-order chi connectivity index (χ0) is 14.1. The van der Waals surface area contributed by atoms with Crippen molar-refractivity contribution in [1.29, 1.82) is 0 Å². The van der Waals surface area contributed by atoms with Crippen LogP contribution in [0.5, 0.6) is 0 Å². The summed E-state index contributed by atoms with van der Waals surface area (Å²) >= 11 is 5.76. The van der Waals surface area contributed by atoms with Crippen LogP contribution in [0.4, 0.5) is 0 Å². The Morgan fingerprint density at radius 2 is 2.00 bits per heavy atom. The third-order valence-electron chi connectivity index (χ3n) is 2.60. The van der Waals surface area contributed by atoms with Gasteiger partial charge in [-0.3, -0.25) is 4.79 Å². The molecule has 1 aliphatic heterocycles. The van der Waals surface area contributed by atoms with E-state index in [0.717, 1.165) is 14.0 Å². The predicted octanol–water partition coefficient (Wildman–Crippen LogP) is -1.13. The third kappa shape index (κ3) is 3.56. The Hall–Kier alpha value is -0.380. The number of sulfonamides is 1. The Labute approximate surface area is 111 Å². The van der Waals surface area contributed by atoms with E-state index in [1.165, 1.54) is 0 Å². The van der Waals surface area contributed by atoms with Crippen molar-refractivity contribution < 1.29 is 26.4 Å². The number of alkyl halides is 1. The molecular formula is C8H14ClNO6S2. The van der Waals surface area contributed by atoms with Crippen LogP contribution in [0.2, 0.25) is 0 Å². The van der Waals surface area contributed by atoms with Crippen molar-refractivity contribution in [3.05, 3.63) is 0 Å². The van der Waals surface area contributed by atoms with Gasteiger partial charge in [0.1, 0.15) is 0 Å². The van der Waals surface area contributed by atoms with Crippen LogP contribution in [-0.2, 0) is 29.4 Å². The molecule has 7 nitrogen and oxygen atoms in total. The summed E-state index contributed by atoms with van der Waals surface area (Å²) in [6.45, 7) is 1.15. The van der Waals surface area contributed by atoms with E-state index in [2.05, 4.69) is 9.46 Å². The first-order chi connectivity index (χ1) is 8.09. The van der Waals surface area contributed by atoms with Crippen molar-refractivity contribution in [3.63, 3.8) is 0 Å². The highest BCUT2D eigenvalue weighted by atomic mass is 35.5. The van der Waals surface area contributed by atoms with Crippen LogP contribution < -0.4 is 4.72 Å². The van der Waals surface area contributed by atoms with Crippen LogP contribution in [0.3, 0.4) is 0 Å². The maximum Gasteiger partial charge on any atom is 0.325 e. The lowest BCUT2D eigenvalue weighted by atomic mass is 10.3.